The number of aromatic amines is 1. The van der Waals surface area contributed by atoms with Crippen molar-refractivity contribution in [1.82, 2.24) is 9.55 Å². The Morgan fingerprint density at radius 3 is 2.65 bits per heavy atom. The molecule has 0 saturated heterocycles. The number of alkyl halides is 3. The molecule has 0 aliphatic carbocycles. The Hall–Kier alpha value is -2.41. The smallest absolute Gasteiger partial charge is 0.331 e. The fourth-order valence-corrected chi connectivity index (χ4v) is 2.50. The van der Waals surface area contributed by atoms with E-state index in [9.17, 15) is 23.1 Å². The van der Waals surface area contributed by atoms with E-state index in [1.807, 2.05) is 0 Å². The zero-order valence-electron chi connectivity index (χ0n) is 11.5. The number of imidazole rings is 1. The van der Waals surface area contributed by atoms with E-state index in [-0.39, 0.29) is 22.5 Å². The van der Waals surface area contributed by atoms with Crippen molar-refractivity contribution in [2.45, 2.75) is 5.92 Å². The van der Waals surface area contributed by atoms with E-state index in [2.05, 4.69) is 4.98 Å². The van der Waals surface area contributed by atoms with Gasteiger partial charge in [0, 0.05) is 10.6 Å². The van der Waals surface area contributed by atoms with Crippen LogP contribution in [-0.2, 0) is 5.92 Å². The van der Waals surface area contributed by atoms with Crippen molar-refractivity contribution in [1.29, 1.82) is 0 Å². The molecule has 3 aromatic rings. The second-order valence-corrected chi connectivity index (χ2v) is 5.41. The largest absolute Gasteiger partial charge is 0.506 e. The molecule has 2 N–H and O–H groups in total. The van der Waals surface area contributed by atoms with Crippen molar-refractivity contribution in [2.75, 3.05) is 6.67 Å². The van der Waals surface area contributed by atoms with Gasteiger partial charge in [0.1, 0.15) is 5.75 Å². The molecule has 1 heterocycles. The highest BCUT2D eigenvalue weighted by Gasteiger charge is 2.32. The van der Waals surface area contributed by atoms with Gasteiger partial charge in [-0.1, -0.05) is 17.7 Å². The van der Waals surface area contributed by atoms with Crippen molar-refractivity contribution in [2.24, 2.45) is 0 Å². The zero-order chi connectivity index (χ0) is 16.8. The highest BCUT2D eigenvalue weighted by molar-refractivity contribution is 6.30. The summed E-state index contributed by atoms with van der Waals surface area (Å²) in [7, 11) is 0. The Balaban J connectivity index is 2.26. The van der Waals surface area contributed by atoms with E-state index in [0.29, 0.717) is 5.02 Å². The molecule has 0 aliphatic heterocycles. The summed E-state index contributed by atoms with van der Waals surface area (Å²) in [6.07, 6.45) is 0. The molecule has 0 spiro atoms. The summed E-state index contributed by atoms with van der Waals surface area (Å²) in [5, 5.41) is 10.2. The lowest BCUT2D eigenvalue weighted by Gasteiger charge is -2.12. The summed E-state index contributed by atoms with van der Waals surface area (Å²) in [5.74, 6) is -3.83. The van der Waals surface area contributed by atoms with Gasteiger partial charge in [0.05, 0.1) is 16.7 Å². The minimum absolute atomic E-state index is 0.0972. The molecule has 0 radical (unpaired) electrons. The fraction of sp³-hybridized carbons (Fsp3) is 0.133. The van der Waals surface area contributed by atoms with Crippen LogP contribution in [0.2, 0.25) is 5.02 Å². The van der Waals surface area contributed by atoms with Crippen LogP contribution in [0, 0.1) is 0 Å². The number of phenols is 1. The van der Waals surface area contributed by atoms with Crippen LogP contribution >= 0.6 is 11.6 Å². The molecule has 2 aromatic carbocycles. The van der Waals surface area contributed by atoms with E-state index in [1.165, 1.54) is 24.3 Å². The van der Waals surface area contributed by atoms with Gasteiger partial charge in [-0.25, -0.2) is 9.18 Å². The van der Waals surface area contributed by atoms with Crippen LogP contribution in [0.25, 0.3) is 16.7 Å². The Morgan fingerprint density at radius 2 is 1.96 bits per heavy atom. The highest BCUT2D eigenvalue weighted by atomic mass is 35.5. The topological polar surface area (TPSA) is 58.0 Å². The maximum absolute atomic E-state index is 13.4. The van der Waals surface area contributed by atoms with E-state index >= 15 is 0 Å². The van der Waals surface area contributed by atoms with Gasteiger partial charge in [-0.15, -0.1) is 0 Å². The van der Waals surface area contributed by atoms with Gasteiger partial charge in [0.15, 0.2) is 6.67 Å². The summed E-state index contributed by atoms with van der Waals surface area (Å²) in [6, 6.07) is 7.43. The highest BCUT2D eigenvalue weighted by Crippen LogP contribution is 2.32. The van der Waals surface area contributed by atoms with Crippen molar-refractivity contribution in [3.63, 3.8) is 0 Å². The maximum Gasteiger partial charge on any atom is 0.331 e. The third-order valence-electron chi connectivity index (χ3n) is 3.45. The number of halogens is 4. The summed E-state index contributed by atoms with van der Waals surface area (Å²) < 4.78 is 40.4. The van der Waals surface area contributed by atoms with Gasteiger partial charge in [-0.2, -0.15) is 8.78 Å². The molecule has 4 nitrogen and oxygen atoms in total. The number of hydrogen-bond donors (Lipinski definition) is 2. The van der Waals surface area contributed by atoms with Gasteiger partial charge in [0.25, 0.3) is 0 Å². The first-order valence-corrected chi connectivity index (χ1v) is 6.89. The second kappa shape index (κ2) is 5.34. The van der Waals surface area contributed by atoms with Crippen molar-refractivity contribution in [3.05, 3.63) is 57.5 Å². The zero-order valence-corrected chi connectivity index (χ0v) is 12.2. The molecule has 0 aliphatic rings. The Bertz CT molecular complexity index is 950. The number of nitrogens with one attached hydrogen (secondary N) is 1. The SMILES string of the molecule is O=c1[nH]c2cc(C(F)(F)CF)ccc2n1-c1cc(Cl)ccc1O. The summed E-state index contributed by atoms with van der Waals surface area (Å²) in [5.41, 5.74) is -0.723. The summed E-state index contributed by atoms with van der Waals surface area (Å²) >= 11 is 5.86. The summed E-state index contributed by atoms with van der Waals surface area (Å²) in [6.45, 7) is -1.83. The number of aromatic hydroxyl groups is 1. The van der Waals surface area contributed by atoms with E-state index < -0.39 is 23.9 Å². The average Bonchev–Trinajstić information content (AvgIpc) is 2.84. The maximum atomic E-state index is 13.4. The first-order valence-electron chi connectivity index (χ1n) is 6.51. The van der Waals surface area contributed by atoms with Crippen LogP contribution in [-0.4, -0.2) is 21.3 Å². The van der Waals surface area contributed by atoms with Crippen molar-refractivity contribution >= 4 is 22.6 Å². The number of nitrogens with zero attached hydrogens (tertiary/aromatic N) is 1. The molecule has 23 heavy (non-hydrogen) atoms. The van der Waals surface area contributed by atoms with E-state index in [0.717, 1.165) is 16.7 Å². The number of fused-ring (bicyclic) bond motifs is 1. The lowest BCUT2D eigenvalue weighted by atomic mass is 10.1. The first-order chi connectivity index (χ1) is 10.8. The van der Waals surface area contributed by atoms with Gasteiger partial charge >= 0.3 is 11.6 Å². The van der Waals surface area contributed by atoms with Crippen LogP contribution in [0.1, 0.15) is 5.56 Å². The quantitative estimate of drug-likeness (QED) is 0.762. The van der Waals surface area contributed by atoms with Gasteiger partial charge in [-0.05, 0) is 30.3 Å². The number of aromatic nitrogens is 2. The minimum Gasteiger partial charge on any atom is -0.506 e. The molecule has 120 valence electrons. The van der Waals surface area contributed by atoms with Crippen LogP contribution < -0.4 is 5.69 Å². The van der Waals surface area contributed by atoms with Crippen molar-refractivity contribution in [3.8, 4) is 11.4 Å². The Labute approximate surface area is 132 Å². The molecule has 0 amide bonds. The van der Waals surface area contributed by atoms with Gasteiger partial charge in [-0.3, -0.25) is 4.57 Å². The molecule has 8 heteroatoms. The Kier molecular flexibility index (Phi) is 3.60. The predicted octanol–water partition coefficient (Wildman–Crippen LogP) is 3.74. The van der Waals surface area contributed by atoms with Gasteiger partial charge in [0.2, 0.25) is 0 Å². The lowest BCUT2D eigenvalue weighted by Crippen LogP contribution is -2.15. The number of H-pyrrole nitrogens is 1. The fourth-order valence-electron chi connectivity index (χ4n) is 2.33. The molecule has 1 aromatic heterocycles. The predicted molar refractivity (Wildman–Crippen MR) is 80.4 cm³/mol. The normalized spacial score (nSPS) is 12.0. The number of hydrogen-bond acceptors (Lipinski definition) is 2. The molecule has 3 rings (SSSR count). The van der Waals surface area contributed by atoms with Crippen LogP contribution in [0.4, 0.5) is 13.2 Å². The molecule has 0 atom stereocenters. The number of rotatable bonds is 3. The number of phenolic OH excluding ortho intramolecular Hbond substituents is 1. The molecular weight excluding hydrogens is 333 g/mol. The van der Waals surface area contributed by atoms with Crippen LogP contribution in [0.15, 0.2) is 41.2 Å². The van der Waals surface area contributed by atoms with E-state index in [1.54, 1.807) is 0 Å². The third kappa shape index (κ3) is 2.57. The standard InChI is InChI=1S/C15H10ClF3N2O2/c16-9-2-4-13(22)12(6-9)21-11-3-1-8(15(18,19)7-17)5-10(11)20-14(21)23/h1-6,22H,7H2,(H,20,23). The average molecular weight is 343 g/mol. The molecule has 0 unspecified atom stereocenters. The number of benzene rings is 2. The van der Waals surface area contributed by atoms with E-state index in [4.69, 9.17) is 11.6 Å². The molecule has 0 saturated carbocycles. The van der Waals surface area contributed by atoms with Gasteiger partial charge < -0.3 is 10.1 Å². The van der Waals surface area contributed by atoms with Crippen LogP contribution in [0.5, 0.6) is 5.75 Å². The summed E-state index contributed by atoms with van der Waals surface area (Å²) in [4.78, 5) is 14.5. The molecule has 0 bridgehead atoms. The third-order valence-corrected chi connectivity index (χ3v) is 3.69. The lowest BCUT2D eigenvalue weighted by molar-refractivity contribution is -0.0279. The van der Waals surface area contributed by atoms with Crippen LogP contribution in [0.3, 0.4) is 0 Å². The monoisotopic (exact) mass is 342 g/mol. The minimum atomic E-state index is -3.63. The second-order valence-electron chi connectivity index (χ2n) is 4.97. The first kappa shape index (κ1) is 15.5. The molecule has 0 fully saturated rings. The Morgan fingerprint density at radius 1 is 1.22 bits per heavy atom. The molecular formula is C15H10ClF3N2O2. The van der Waals surface area contributed by atoms with Crippen molar-refractivity contribution < 1.29 is 18.3 Å².